The second kappa shape index (κ2) is 4.72. The van der Waals surface area contributed by atoms with Crippen LogP contribution in [0.2, 0.25) is 0 Å². The molecule has 2 aromatic rings. The highest BCUT2D eigenvalue weighted by Gasteiger charge is 2.12. The molecule has 0 bridgehead atoms. The molecule has 2 nitrogen and oxygen atoms in total. The van der Waals surface area contributed by atoms with Crippen LogP contribution in [0.3, 0.4) is 0 Å². The Morgan fingerprint density at radius 2 is 1.88 bits per heavy atom. The molecule has 0 spiro atoms. The van der Waals surface area contributed by atoms with Gasteiger partial charge in [0.25, 0.3) is 0 Å². The van der Waals surface area contributed by atoms with Crippen LogP contribution in [0, 0.1) is 6.92 Å². The Bertz CT molecular complexity index is 558. The molecule has 0 amide bonds. The zero-order valence-electron chi connectivity index (χ0n) is 9.41. The maximum absolute atomic E-state index is 12.3. The molecule has 0 fully saturated rings. The van der Waals surface area contributed by atoms with E-state index < -0.39 is 0 Å². The predicted octanol–water partition coefficient (Wildman–Crippen LogP) is 3.57. The van der Waals surface area contributed by atoms with Crippen LogP contribution in [0.25, 0.3) is 0 Å². The van der Waals surface area contributed by atoms with E-state index in [4.69, 9.17) is 5.73 Å². The number of rotatable bonds is 2. The Morgan fingerprint density at radius 1 is 1.18 bits per heavy atom. The summed E-state index contributed by atoms with van der Waals surface area (Å²) in [7, 11) is 0. The fourth-order valence-electron chi connectivity index (χ4n) is 1.73. The van der Waals surface area contributed by atoms with Crippen LogP contribution < -0.4 is 5.73 Å². The number of carbonyl (C=O) groups excluding carboxylic acids is 1. The van der Waals surface area contributed by atoms with E-state index in [-0.39, 0.29) is 5.78 Å². The fourth-order valence-corrected chi connectivity index (χ4v) is 2.24. The smallest absolute Gasteiger partial charge is 0.193 e. The first-order valence-electron chi connectivity index (χ1n) is 5.24. The third-order valence-corrected chi connectivity index (χ3v) is 3.03. The lowest BCUT2D eigenvalue weighted by molar-refractivity contribution is 0.103. The summed E-state index contributed by atoms with van der Waals surface area (Å²) < 4.78 is 0.814. The second-order valence-corrected chi connectivity index (χ2v) is 4.83. The molecule has 2 rings (SSSR count). The molecule has 17 heavy (non-hydrogen) atoms. The first-order chi connectivity index (χ1) is 8.08. The molecule has 0 atom stereocenters. The largest absolute Gasteiger partial charge is 0.399 e. The highest BCUT2D eigenvalue weighted by molar-refractivity contribution is 9.10. The lowest BCUT2D eigenvalue weighted by Gasteiger charge is -2.06. The number of carbonyl (C=O) groups is 1. The van der Waals surface area contributed by atoms with E-state index in [2.05, 4.69) is 15.9 Å². The van der Waals surface area contributed by atoms with Gasteiger partial charge in [0, 0.05) is 21.3 Å². The molecule has 0 aliphatic rings. The van der Waals surface area contributed by atoms with E-state index in [1.54, 1.807) is 18.2 Å². The van der Waals surface area contributed by atoms with Crippen molar-refractivity contribution in [2.24, 2.45) is 0 Å². The molecule has 0 saturated heterocycles. The number of nitrogen functional groups attached to an aromatic ring is 1. The number of hydrogen-bond acceptors (Lipinski definition) is 2. The quantitative estimate of drug-likeness (QED) is 0.678. The fraction of sp³-hybridized carbons (Fsp3) is 0.0714. The first-order valence-corrected chi connectivity index (χ1v) is 6.03. The lowest BCUT2D eigenvalue weighted by Crippen LogP contribution is -2.04. The number of hydrogen-bond donors (Lipinski definition) is 1. The molecule has 0 aliphatic carbocycles. The Morgan fingerprint density at radius 3 is 2.53 bits per heavy atom. The van der Waals surface area contributed by atoms with Crippen LogP contribution in [0.1, 0.15) is 21.5 Å². The van der Waals surface area contributed by atoms with E-state index in [1.165, 1.54) is 0 Å². The van der Waals surface area contributed by atoms with Gasteiger partial charge in [0.15, 0.2) is 5.78 Å². The standard InChI is InChI=1S/C14H12BrNO/c1-9-4-2-3-5-13(9)14(17)10-6-11(15)8-12(16)7-10/h2-8H,16H2,1H3. The lowest BCUT2D eigenvalue weighted by atomic mass is 9.99. The zero-order valence-corrected chi connectivity index (χ0v) is 11.0. The molecule has 2 aromatic carbocycles. The minimum Gasteiger partial charge on any atom is -0.399 e. The van der Waals surface area contributed by atoms with Crippen LogP contribution in [0.15, 0.2) is 46.9 Å². The maximum Gasteiger partial charge on any atom is 0.193 e. The topological polar surface area (TPSA) is 43.1 Å². The van der Waals surface area contributed by atoms with Crippen molar-refractivity contribution < 1.29 is 4.79 Å². The van der Waals surface area contributed by atoms with Crippen molar-refractivity contribution in [3.63, 3.8) is 0 Å². The van der Waals surface area contributed by atoms with Crippen molar-refractivity contribution in [1.29, 1.82) is 0 Å². The van der Waals surface area contributed by atoms with Crippen molar-refractivity contribution >= 4 is 27.4 Å². The van der Waals surface area contributed by atoms with Gasteiger partial charge in [-0.3, -0.25) is 4.79 Å². The average Bonchev–Trinajstić information content (AvgIpc) is 2.27. The van der Waals surface area contributed by atoms with Gasteiger partial charge in [0.2, 0.25) is 0 Å². The minimum absolute atomic E-state index is 0.00361. The van der Waals surface area contributed by atoms with E-state index >= 15 is 0 Å². The van der Waals surface area contributed by atoms with E-state index in [1.807, 2.05) is 31.2 Å². The van der Waals surface area contributed by atoms with E-state index in [0.717, 1.165) is 10.0 Å². The number of halogens is 1. The molecular weight excluding hydrogens is 278 g/mol. The van der Waals surface area contributed by atoms with Crippen molar-refractivity contribution in [1.82, 2.24) is 0 Å². The molecule has 0 aliphatic heterocycles. The molecule has 0 unspecified atom stereocenters. The summed E-state index contributed by atoms with van der Waals surface area (Å²) in [4.78, 5) is 12.3. The molecule has 0 saturated carbocycles. The first kappa shape index (κ1) is 11.9. The van der Waals surface area contributed by atoms with Crippen molar-refractivity contribution in [2.75, 3.05) is 5.73 Å². The maximum atomic E-state index is 12.3. The predicted molar refractivity (Wildman–Crippen MR) is 73.2 cm³/mol. The zero-order chi connectivity index (χ0) is 12.4. The summed E-state index contributed by atoms with van der Waals surface area (Å²) >= 11 is 3.34. The molecule has 3 heteroatoms. The average molecular weight is 290 g/mol. The number of nitrogens with two attached hydrogens (primary N) is 1. The SMILES string of the molecule is Cc1ccccc1C(=O)c1cc(N)cc(Br)c1. The Hall–Kier alpha value is -1.61. The summed E-state index contributed by atoms with van der Waals surface area (Å²) in [5.41, 5.74) is 8.60. The van der Waals surface area contributed by atoms with Gasteiger partial charge < -0.3 is 5.73 Å². The summed E-state index contributed by atoms with van der Waals surface area (Å²) in [6.07, 6.45) is 0. The number of ketones is 1. The highest BCUT2D eigenvalue weighted by Crippen LogP contribution is 2.21. The van der Waals surface area contributed by atoms with Crippen LogP contribution >= 0.6 is 15.9 Å². The summed E-state index contributed by atoms with van der Waals surface area (Å²) in [6.45, 7) is 1.93. The van der Waals surface area contributed by atoms with Gasteiger partial charge in [-0.25, -0.2) is 0 Å². The summed E-state index contributed by atoms with van der Waals surface area (Å²) in [5.74, 6) is -0.00361. The van der Waals surface area contributed by atoms with Crippen molar-refractivity contribution in [3.05, 3.63) is 63.6 Å². The van der Waals surface area contributed by atoms with Crippen molar-refractivity contribution in [2.45, 2.75) is 6.92 Å². The van der Waals surface area contributed by atoms with Crippen LogP contribution in [-0.4, -0.2) is 5.78 Å². The van der Waals surface area contributed by atoms with E-state index in [0.29, 0.717) is 16.8 Å². The van der Waals surface area contributed by atoms with Crippen LogP contribution in [-0.2, 0) is 0 Å². The molecule has 0 radical (unpaired) electrons. The minimum atomic E-state index is -0.00361. The summed E-state index contributed by atoms with van der Waals surface area (Å²) in [6, 6.07) is 12.8. The third-order valence-electron chi connectivity index (χ3n) is 2.57. The monoisotopic (exact) mass is 289 g/mol. The Labute approximate surface area is 109 Å². The van der Waals surface area contributed by atoms with Crippen LogP contribution in [0.5, 0.6) is 0 Å². The third kappa shape index (κ3) is 2.56. The summed E-state index contributed by atoms with van der Waals surface area (Å²) in [5, 5.41) is 0. The van der Waals surface area contributed by atoms with Gasteiger partial charge in [-0.2, -0.15) is 0 Å². The number of benzene rings is 2. The normalized spacial score (nSPS) is 10.2. The molecule has 0 heterocycles. The van der Waals surface area contributed by atoms with E-state index in [9.17, 15) is 4.79 Å². The van der Waals surface area contributed by atoms with Gasteiger partial charge in [0.05, 0.1) is 0 Å². The van der Waals surface area contributed by atoms with Gasteiger partial charge in [-0.05, 0) is 30.7 Å². The van der Waals surface area contributed by atoms with Gasteiger partial charge in [0.1, 0.15) is 0 Å². The van der Waals surface area contributed by atoms with Crippen LogP contribution in [0.4, 0.5) is 5.69 Å². The number of anilines is 1. The van der Waals surface area contributed by atoms with Gasteiger partial charge in [-0.15, -0.1) is 0 Å². The Balaban J connectivity index is 2.48. The highest BCUT2D eigenvalue weighted by atomic mass is 79.9. The van der Waals surface area contributed by atoms with Gasteiger partial charge >= 0.3 is 0 Å². The molecular formula is C14H12BrNO. The Kier molecular flexibility index (Phi) is 3.29. The molecule has 2 N–H and O–H groups in total. The molecule has 86 valence electrons. The van der Waals surface area contributed by atoms with Crippen molar-refractivity contribution in [3.8, 4) is 0 Å². The second-order valence-electron chi connectivity index (χ2n) is 3.92. The molecule has 0 aromatic heterocycles. The number of aryl methyl sites for hydroxylation is 1. The van der Waals surface area contributed by atoms with Gasteiger partial charge in [-0.1, -0.05) is 40.2 Å².